The standard InChI is InChI=1S/C15H13F3N2O/c1-10(20-14(21)13-4-2-3-9-19-13)11-5-7-12(8-6-11)15(16,17)18/h2-10H,1H3,(H,20,21). The first-order chi connectivity index (χ1) is 9.88. The number of amides is 1. The van der Waals surface area contributed by atoms with Gasteiger partial charge in [0.2, 0.25) is 0 Å². The van der Waals surface area contributed by atoms with Crippen LogP contribution in [0.1, 0.15) is 34.6 Å². The second-order valence-corrected chi connectivity index (χ2v) is 4.53. The molecular weight excluding hydrogens is 281 g/mol. The van der Waals surface area contributed by atoms with Gasteiger partial charge in [-0.2, -0.15) is 13.2 Å². The molecule has 0 fully saturated rings. The van der Waals surface area contributed by atoms with Gasteiger partial charge in [-0.25, -0.2) is 0 Å². The van der Waals surface area contributed by atoms with E-state index in [1.807, 2.05) is 0 Å². The van der Waals surface area contributed by atoms with Crippen molar-refractivity contribution in [1.29, 1.82) is 0 Å². The Hall–Kier alpha value is -2.37. The monoisotopic (exact) mass is 294 g/mol. The topological polar surface area (TPSA) is 42.0 Å². The van der Waals surface area contributed by atoms with Crippen molar-refractivity contribution in [3.8, 4) is 0 Å². The number of nitrogens with one attached hydrogen (secondary N) is 1. The summed E-state index contributed by atoms with van der Waals surface area (Å²) in [7, 11) is 0. The molecule has 1 aromatic carbocycles. The molecule has 6 heteroatoms. The van der Waals surface area contributed by atoms with E-state index in [9.17, 15) is 18.0 Å². The number of rotatable bonds is 3. The van der Waals surface area contributed by atoms with Crippen molar-refractivity contribution < 1.29 is 18.0 Å². The van der Waals surface area contributed by atoms with Gasteiger partial charge in [-0.3, -0.25) is 9.78 Å². The van der Waals surface area contributed by atoms with Crippen LogP contribution in [0.15, 0.2) is 48.7 Å². The number of benzene rings is 1. The minimum absolute atomic E-state index is 0.260. The molecule has 2 rings (SSSR count). The molecule has 0 saturated carbocycles. The minimum Gasteiger partial charge on any atom is -0.344 e. The lowest BCUT2D eigenvalue weighted by Gasteiger charge is -2.15. The van der Waals surface area contributed by atoms with Crippen molar-refractivity contribution >= 4 is 5.91 Å². The molecular formula is C15H13F3N2O. The third-order valence-corrected chi connectivity index (χ3v) is 2.98. The highest BCUT2D eigenvalue weighted by Crippen LogP contribution is 2.29. The SMILES string of the molecule is CC(NC(=O)c1ccccn1)c1ccc(C(F)(F)F)cc1. The van der Waals surface area contributed by atoms with Crippen LogP contribution in [0.25, 0.3) is 0 Å². The molecule has 1 unspecified atom stereocenters. The second-order valence-electron chi connectivity index (χ2n) is 4.53. The van der Waals surface area contributed by atoms with Crippen LogP contribution in [-0.4, -0.2) is 10.9 Å². The van der Waals surface area contributed by atoms with Gasteiger partial charge in [0, 0.05) is 6.20 Å². The number of nitrogens with zero attached hydrogens (tertiary/aromatic N) is 1. The van der Waals surface area contributed by atoms with Crippen LogP contribution in [0.2, 0.25) is 0 Å². The van der Waals surface area contributed by atoms with E-state index in [-0.39, 0.29) is 11.6 Å². The molecule has 0 saturated heterocycles. The van der Waals surface area contributed by atoms with E-state index < -0.39 is 17.8 Å². The van der Waals surface area contributed by atoms with Crippen LogP contribution < -0.4 is 5.32 Å². The number of aromatic nitrogens is 1. The third kappa shape index (κ3) is 3.81. The van der Waals surface area contributed by atoms with Gasteiger partial charge < -0.3 is 5.32 Å². The van der Waals surface area contributed by atoms with E-state index in [0.29, 0.717) is 5.56 Å². The van der Waals surface area contributed by atoms with Gasteiger partial charge in [0.1, 0.15) is 5.69 Å². The normalized spacial score (nSPS) is 12.8. The zero-order valence-electron chi connectivity index (χ0n) is 11.2. The summed E-state index contributed by atoms with van der Waals surface area (Å²) < 4.78 is 37.4. The molecule has 1 atom stereocenters. The van der Waals surface area contributed by atoms with E-state index in [1.54, 1.807) is 25.1 Å². The molecule has 21 heavy (non-hydrogen) atoms. The average molecular weight is 294 g/mol. The second kappa shape index (κ2) is 5.95. The predicted molar refractivity (Wildman–Crippen MR) is 71.6 cm³/mol. The van der Waals surface area contributed by atoms with Crippen LogP contribution in [0.5, 0.6) is 0 Å². The van der Waals surface area contributed by atoms with E-state index in [4.69, 9.17) is 0 Å². The summed E-state index contributed by atoms with van der Waals surface area (Å²) in [6.45, 7) is 1.70. The Morgan fingerprint density at radius 3 is 2.33 bits per heavy atom. The fourth-order valence-electron chi connectivity index (χ4n) is 1.81. The number of carbonyl (C=O) groups is 1. The molecule has 1 N–H and O–H groups in total. The maximum absolute atomic E-state index is 12.5. The smallest absolute Gasteiger partial charge is 0.344 e. The first-order valence-corrected chi connectivity index (χ1v) is 6.27. The zero-order chi connectivity index (χ0) is 15.5. The van der Waals surface area contributed by atoms with E-state index in [1.165, 1.54) is 18.3 Å². The Morgan fingerprint density at radius 1 is 1.14 bits per heavy atom. The Labute approximate surface area is 119 Å². The highest BCUT2D eigenvalue weighted by Gasteiger charge is 2.30. The fraction of sp³-hybridized carbons (Fsp3) is 0.200. The number of halogens is 3. The molecule has 1 heterocycles. The molecule has 0 aliphatic carbocycles. The summed E-state index contributed by atoms with van der Waals surface area (Å²) in [5, 5.41) is 2.69. The van der Waals surface area contributed by atoms with Crippen LogP contribution in [0.3, 0.4) is 0 Å². The highest BCUT2D eigenvalue weighted by molar-refractivity contribution is 5.92. The highest BCUT2D eigenvalue weighted by atomic mass is 19.4. The zero-order valence-corrected chi connectivity index (χ0v) is 11.2. The summed E-state index contributed by atoms with van der Waals surface area (Å²) in [6, 6.07) is 9.23. The average Bonchev–Trinajstić information content (AvgIpc) is 2.47. The molecule has 1 aromatic heterocycles. The van der Waals surface area contributed by atoms with Crippen molar-refractivity contribution in [2.45, 2.75) is 19.1 Å². The third-order valence-electron chi connectivity index (χ3n) is 2.98. The van der Waals surface area contributed by atoms with Crippen molar-refractivity contribution in [2.75, 3.05) is 0 Å². The van der Waals surface area contributed by atoms with Crippen molar-refractivity contribution in [3.63, 3.8) is 0 Å². The maximum Gasteiger partial charge on any atom is 0.416 e. The first kappa shape index (κ1) is 15.0. The van der Waals surface area contributed by atoms with E-state index in [0.717, 1.165) is 12.1 Å². The lowest BCUT2D eigenvalue weighted by molar-refractivity contribution is -0.137. The molecule has 0 radical (unpaired) electrons. The van der Waals surface area contributed by atoms with Crippen LogP contribution >= 0.6 is 0 Å². The molecule has 0 aliphatic heterocycles. The van der Waals surface area contributed by atoms with Crippen molar-refractivity contribution in [2.24, 2.45) is 0 Å². The number of hydrogen-bond acceptors (Lipinski definition) is 2. The summed E-state index contributed by atoms with van der Waals surface area (Å²) in [5.74, 6) is -0.372. The Balaban J connectivity index is 2.07. The number of hydrogen-bond donors (Lipinski definition) is 1. The Bertz CT molecular complexity index is 609. The van der Waals surface area contributed by atoms with E-state index >= 15 is 0 Å². The molecule has 1 amide bonds. The van der Waals surface area contributed by atoms with Crippen LogP contribution in [0.4, 0.5) is 13.2 Å². The molecule has 0 bridgehead atoms. The maximum atomic E-state index is 12.5. The van der Waals surface area contributed by atoms with Gasteiger partial charge in [-0.05, 0) is 36.8 Å². The summed E-state index contributed by atoms with van der Waals surface area (Å²) in [5.41, 5.74) is 0.137. The van der Waals surface area contributed by atoms with Gasteiger partial charge in [0.25, 0.3) is 5.91 Å². The van der Waals surface area contributed by atoms with Crippen molar-refractivity contribution in [3.05, 3.63) is 65.5 Å². The van der Waals surface area contributed by atoms with Gasteiger partial charge in [-0.15, -0.1) is 0 Å². The largest absolute Gasteiger partial charge is 0.416 e. The number of pyridine rings is 1. The molecule has 110 valence electrons. The summed E-state index contributed by atoms with van der Waals surface area (Å²) in [6.07, 6.45) is -2.86. The van der Waals surface area contributed by atoms with Crippen molar-refractivity contribution in [1.82, 2.24) is 10.3 Å². The number of carbonyl (C=O) groups excluding carboxylic acids is 1. The van der Waals surface area contributed by atoms with Crippen LogP contribution in [0, 0.1) is 0 Å². The van der Waals surface area contributed by atoms with Gasteiger partial charge in [0.15, 0.2) is 0 Å². The number of alkyl halides is 3. The molecule has 2 aromatic rings. The van der Waals surface area contributed by atoms with E-state index in [2.05, 4.69) is 10.3 Å². The summed E-state index contributed by atoms with van der Waals surface area (Å²) >= 11 is 0. The fourth-order valence-corrected chi connectivity index (χ4v) is 1.81. The van der Waals surface area contributed by atoms with Gasteiger partial charge >= 0.3 is 6.18 Å². The Kier molecular flexibility index (Phi) is 4.26. The molecule has 3 nitrogen and oxygen atoms in total. The lowest BCUT2D eigenvalue weighted by atomic mass is 10.1. The quantitative estimate of drug-likeness (QED) is 0.940. The Morgan fingerprint density at radius 2 is 1.81 bits per heavy atom. The summed E-state index contributed by atoms with van der Waals surface area (Å²) in [4.78, 5) is 15.8. The van der Waals surface area contributed by atoms with Gasteiger partial charge in [0.05, 0.1) is 11.6 Å². The van der Waals surface area contributed by atoms with Gasteiger partial charge in [-0.1, -0.05) is 18.2 Å². The first-order valence-electron chi connectivity index (χ1n) is 6.27. The predicted octanol–water partition coefficient (Wildman–Crippen LogP) is 3.59. The minimum atomic E-state index is -4.36. The van der Waals surface area contributed by atoms with Crippen LogP contribution in [-0.2, 0) is 6.18 Å². The lowest BCUT2D eigenvalue weighted by Crippen LogP contribution is -2.27. The molecule has 0 spiro atoms. The molecule has 0 aliphatic rings.